The van der Waals surface area contributed by atoms with E-state index in [1.807, 2.05) is 6.07 Å². The number of aromatic nitrogens is 2. The lowest BCUT2D eigenvalue weighted by atomic mass is 9.77. The summed E-state index contributed by atoms with van der Waals surface area (Å²) in [5, 5.41) is 0. The second-order valence-electron chi connectivity index (χ2n) is 5.19. The first kappa shape index (κ1) is 11.2. The van der Waals surface area contributed by atoms with Crippen molar-refractivity contribution in [2.75, 3.05) is 5.73 Å². The molecule has 2 aromatic rings. The summed E-state index contributed by atoms with van der Waals surface area (Å²) >= 11 is 0. The van der Waals surface area contributed by atoms with Gasteiger partial charge >= 0.3 is 0 Å². The Balaban J connectivity index is 2.00. The molecule has 1 heterocycles. The van der Waals surface area contributed by atoms with Crippen molar-refractivity contribution in [3.8, 4) is 0 Å². The van der Waals surface area contributed by atoms with Gasteiger partial charge in [0.05, 0.1) is 0 Å². The van der Waals surface area contributed by atoms with E-state index in [9.17, 15) is 0 Å². The summed E-state index contributed by atoms with van der Waals surface area (Å²) in [4.78, 5) is 9.07. The minimum Gasteiger partial charge on any atom is -0.384 e. The van der Waals surface area contributed by atoms with E-state index in [1.54, 1.807) is 0 Å². The average molecular weight is 239 g/mol. The SMILES string of the molecule is CC(C)c1cc(N)nc(C2Cc3ccccc32)n1. The molecule has 1 aromatic heterocycles. The first-order valence-corrected chi connectivity index (χ1v) is 6.37. The highest BCUT2D eigenvalue weighted by atomic mass is 15.0. The first-order valence-electron chi connectivity index (χ1n) is 6.37. The van der Waals surface area contributed by atoms with Crippen LogP contribution in [0, 0.1) is 0 Å². The van der Waals surface area contributed by atoms with E-state index in [0.717, 1.165) is 17.9 Å². The number of hydrogen-bond donors (Lipinski definition) is 1. The van der Waals surface area contributed by atoms with Crippen LogP contribution in [0.3, 0.4) is 0 Å². The first-order chi connectivity index (χ1) is 8.65. The molecule has 92 valence electrons. The van der Waals surface area contributed by atoms with Gasteiger partial charge in [0.1, 0.15) is 11.6 Å². The fourth-order valence-electron chi connectivity index (χ4n) is 2.45. The number of nitrogens with zero attached hydrogens (tertiary/aromatic N) is 2. The molecule has 1 aliphatic carbocycles. The lowest BCUT2D eigenvalue weighted by Crippen LogP contribution is -2.21. The molecule has 1 unspecified atom stereocenters. The Morgan fingerprint density at radius 2 is 2.00 bits per heavy atom. The van der Waals surface area contributed by atoms with Gasteiger partial charge in [-0.2, -0.15) is 0 Å². The summed E-state index contributed by atoms with van der Waals surface area (Å²) in [7, 11) is 0. The van der Waals surface area contributed by atoms with E-state index in [4.69, 9.17) is 5.73 Å². The van der Waals surface area contributed by atoms with E-state index >= 15 is 0 Å². The van der Waals surface area contributed by atoms with Gasteiger partial charge in [-0.05, 0) is 23.5 Å². The molecule has 3 nitrogen and oxygen atoms in total. The monoisotopic (exact) mass is 239 g/mol. The molecule has 3 heteroatoms. The number of hydrogen-bond acceptors (Lipinski definition) is 3. The van der Waals surface area contributed by atoms with Crippen LogP contribution in [0.4, 0.5) is 5.82 Å². The summed E-state index contributed by atoms with van der Waals surface area (Å²) in [5.41, 5.74) is 9.66. The van der Waals surface area contributed by atoms with Crippen LogP contribution in [0.1, 0.15) is 48.3 Å². The average Bonchev–Trinajstić information content (AvgIpc) is 2.30. The van der Waals surface area contributed by atoms with Gasteiger partial charge in [-0.15, -0.1) is 0 Å². The van der Waals surface area contributed by atoms with Crippen molar-refractivity contribution in [1.29, 1.82) is 0 Å². The zero-order chi connectivity index (χ0) is 12.7. The number of nitrogen functional groups attached to an aromatic ring is 1. The predicted molar refractivity (Wildman–Crippen MR) is 72.5 cm³/mol. The topological polar surface area (TPSA) is 51.8 Å². The van der Waals surface area contributed by atoms with Crippen LogP contribution in [0.15, 0.2) is 30.3 Å². The van der Waals surface area contributed by atoms with Crippen LogP contribution in [-0.4, -0.2) is 9.97 Å². The van der Waals surface area contributed by atoms with Crippen molar-refractivity contribution in [1.82, 2.24) is 9.97 Å². The van der Waals surface area contributed by atoms with Gasteiger partial charge in [0.2, 0.25) is 0 Å². The van der Waals surface area contributed by atoms with E-state index < -0.39 is 0 Å². The lowest BCUT2D eigenvalue weighted by Gasteiger charge is -2.29. The molecule has 1 atom stereocenters. The number of benzene rings is 1. The molecule has 0 amide bonds. The molecular formula is C15H17N3. The van der Waals surface area contributed by atoms with Gasteiger partial charge in [-0.3, -0.25) is 0 Å². The zero-order valence-electron chi connectivity index (χ0n) is 10.7. The summed E-state index contributed by atoms with van der Waals surface area (Å²) in [6, 6.07) is 10.3. The molecule has 2 N–H and O–H groups in total. The molecule has 0 saturated heterocycles. The Bertz CT molecular complexity index is 590. The van der Waals surface area contributed by atoms with Crippen molar-refractivity contribution in [2.24, 2.45) is 0 Å². The second kappa shape index (κ2) is 4.09. The van der Waals surface area contributed by atoms with Gasteiger partial charge in [-0.1, -0.05) is 38.1 Å². The van der Waals surface area contributed by atoms with Crippen LogP contribution >= 0.6 is 0 Å². The Morgan fingerprint density at radius 3 is 2.72 bits per heavy atom. The van der Waals surface area contributed by atoms with Crippen molar-refractivity contribution in [3.05, 3.63) is 53.0 Å². The van der Waals surface area contributed by atoms with Gasteiger partial charge in [-0.25, -0.2) is 9.97 Å². The van der Waals surface area contributed by atoms with Gasteiger partial charge in [0.25, 0.3) is 0 Å². The fraction of sp³-hybridized carbons (Fsp3) is 0.333. The molecule has 18 heavy (non-hydrogen) atoms. The molecule has 0 radical (unpaired) electrons. The Labute approximate surface area is 107 Å². The van der Waals surface area contributed by atoms with Crippen LogP contribution < -0.4 is 5.73 Å². The summed E-state index contributed by atoms with van der Waals surface area (Å²) in [6.07, 6.45) is 1.02. The van der Waals surface area contributed by atoms with Crippen molar-refractivity contribution in [3.63, 3.8) is 0 Å². The maximum Gasteiger partial charge on any atom is 0.138 e. The molecule has 0 aliphatic heterocycles. The highest BCUT2D eigenvalue weighted by Crippen LogP contribution is 2.38. The molecule has 0 saturated carbocycles. The van der Waals surface area contributed by atoms with E-state index in [-0.39, 0.29) is 0 Å². The van der Waals surface area contributed by atoms with Crippen molar-refractivity contribution < 1.29 is 0 Å². The van der Waals surface area contributed by atoms with Crippen molar-refractivity contribution >= 4 is 5.82 Å². The smallest absolute Gasteiger partial charge is 0.138 e. The number of nitrogens with two attached hydrogens (primary N) is 1. The molecule has 3 rings (SSSR count). The largest absolute Gasteiger partial charge is 0.384 e. The Kier molecular flexibility index (Phi) is 2.54. The summed E-state index contributed by atoms with van der Waals surface area (Å²) in [5.74, 6) is 2.15. The molecule has 0 fully saturated rings. The second-order valence-corrected chi connectivity index (χ2v) is 5.19. The molecule has 0 bridgehead atoms. The summed E-state index contributed by atoms with van der Waals surface area (Å²) in [6.45, 7) is 4.25. The Hall–Kier alpha value is -1.90. The highest BCUT2D eigenvalue weighted by Gasteiger charge is 2.29. The van der Waals surface area contributed by atoms with E-state index in [1.165, 1.54) is 11.1 Å². The number of fused-ring (bicyclic) bond motifs is 1. The van der Waals surface area contributed by atoms with Gasteiger partial charge < -0.3 is 5.73 Å². The molecule has 0 spiro atoms. The molecular weight excluding hydrogens is 222 g/mol. The third-order valence-electron chi connectivity index (χ3n) is 3.54. The maximum atomic E-state index is 5.88. The normalized spacial score (nSPS) is 17.4. The molecule has 1 aliphatic rings. The van der Waals surface area contributed by atoms with Crippen LogP contribution in [-0.2, 0) is 6.42 Å². The van der Waals surface area contributed by atoms with E-state index in [2.05, 4.69) is 48.1 Å². The standard InChI is InChI=1S/C15H17N3/c1-9(2)13-8-14(16)18-15(17-13)12-7-10-5-3-4-6-11(10)12/h3-6,8-9,12H,7H2,1-2H3,(H2,16,17,18). The fourth-order valence-corrected chi connectivity index (χ4v) is 2.45. The predicted octanol–water partition coefficient (Wildman–Crippen LogP) is 2.87. The maximum absolute atomic E-state index is 5.88. The summed E-state index contributed by atoms with van der Waals surface area (Å²) < 4.78 is 0. The number of anilines is 1. The minimum atomic E-state index is 0.321. The Morgan fingerprint density at radius 1 is 1.22 bits per heavy atom. The van der Waals surface area contributed by atoms with Crippen LogP contribution in [0.25, 0.3) is 0 Å². The van der Waals surface area contributed by atoms with E-state index in [0.29, 0.717) is 17.7 Å². The zero-order valence-corrected chi connectivity index (χ0v) is 10.7. The lowest BCUT2D eigenvalue weighted by molar-refractivity contribution is 0.648. The molecule has 1 aromatic carbocycles. The third-order valence-corrected chi connectivity index (χ3v) is 3.54. The quantitative estimate of drug-likeness (QED) is 0.876. The van der Waals surface area contributed by atoms with Crippen LogP contribution in [0.5, 0.6) is 0 Å². The highest BCUT2D eigenvalue weighted by molar-refractivity contribution is 5.45. The van der Waals surface area contributed by atoms with Gasteiger partial charge in [0, 0.05) is 17.7 Å². The number of rotatable bonds is 2. The van der Waals surface area contributed by atoms with Crippen LogP contribution in [0.2, 0.25) is 0 Å². The van der Waals surface area contributed by atoms with Gasteiger partial charge in [0.15, 0.2) is 0 Å². The third kappa shape index (κ3) is 1.76. The minimum absolute atomic E-state index is 0.321. The van der Waals surface area contributed by atoms with Crippen molar-refractivity contribution in [2.45, 2.75) is 32.1 Å².